The van der Waals surface area contributed by atoms with Crippen LogP contribution in [0.3, 0.4) is 0 Å². The summed E-state index contributed by atoms with van der Waals surface area (Å²) in [6.07, 6.45) is 0.394. The van der Waals surface area contributed by atoms with Crippen molar-refractivity contribution in [2.24, 2.45) is 0 Å². The zero-order valence-electron chi connectivity index (χ0n) is 8.69. The first-order valence-corrected chi connectivity index (χ1v) is 6.67. The fourth-order valence-corrected chi connectivity index (χ4v) is 2.72. The van der Waals surface area contributed by atoms with Crippen LogP contribution in [0.4, 0.5) is 5.69 Å². The Labute approximate surface area is 115 Å². The van der Waals surface area contributed by atoms with Crippen LogP contribution in [0.15, 0.2) is 22.7 Å². The van der Waals surface area contributed by atoms with Gasteiger partial charge in [0.15, 0.2) is 0 Å². The minimum absolute atomic E-state index is 0.0625. The van der Waals surface area contributed by atoms with Gasteiger partial charge < -0.3 is 10.0 Å². The van der Waals surface area contributed by atoms with Gasteiger partial charge in [-0.1, -0.05) is 31.9 Å². The summed E-state index contributed by atoms with van der Waals surface area (Å²) >= 11 is 6.66. The third-order valence-corrected chi connectivity index (χ3v) is 3.67. The maximum absolute atomic E-state index is 11.8. The summed E-state index contributed by atoms with van der Waals surface area (Å²) in [4.78, 5) is 24.5. The van der Waals surface area contributed by atoms with E-state index in [-0.39, 0.29) is 16.3 Å². The second kappa shape index (κ2) is 4.78. The number of halogens is 2. The lowest BCUT2D eigenvalue weighted by molar-refractivity contribution is -0.117. The highest BCUT2D eigenvalue weighted by atomic mass is 79.9. The van der Waals surface area contributed by atoms with E-state index in [1.165, 1.54) is 11.0 Å². The number of amides is 1. The predicted molar refractivity (Wildman–Crippen MR) is 70.8 cm³/mol. The zero-order valence-corrected chi connectivity index (χ0v) is 11.9. The first-order chi connectivity index (χ1) is 7.99. The number of carboxylic acids is 1. The van der Waals surface area contributed by atoms with E-state index in [0.29, 0.717) is 18.7 Å². The third-order valence-electron chi connectivity index (χ3n) is 2.56. The molecular formula is C11H9Br2NO3. The highest BCUT2D eigenvalue weighted by Gasteiger charge is 2.31. The summed E-state index contributed by atoms with van der Waals surface area (Å²) in [5.41, 5.74) is 0.585. The van der Waals surface area contributed by atoms with Crippen LogP contribution < -0.4 is 4.90 Å². The number of carbonyl (C=O) groups is 2. The minimum Gasteiger partial charge on any atom is -0.478 e. The van der Waals surface area contributed by atoms with E-state index in [0.717, 1.165) is 4.47 Å². The van der Waals surface area contributed by atoms with E-state index >= 15 is 0 Å². The zero-order chi connectivity index (χ0) is 12.6. The summed E-state index contributed by atoms with van der Waals surface area (Å²) in [5.74, 6) is -1.09. The highest BCUT2D eigenvalue weighted by Crippen LogP contribution is 2.30. The van der Waals surface area contributed by atoms with Crippen LogP contribution in [0, 0.1) is 0 Å². The molecule has 1 aromatic rings. The van der Waals surface area contributed by atoms with Crippen molar-refractivity contribution >= 4 is 49.4 Å². The Kier molecular flexibility index (Phi) is 3.53. The molecule has 0 saturated carbocycles. The van der Waals surface area contributed by atoms with Crippen molar-refractivity contribution < 1.29 is 14.7 Å². The first kappa shape index (κ1) is 12.6. The maximum atomic E-state index is 11.8. The van der Waals surface area contributed by atoms with Crippen LogP contribution in [-0.2, 0) is 4.79 Å². The summed E-state index contributed by atoms with van der Waals surface area (Å²) in [7, 11) is 0. The van der Waals surface area contributed by atoms with Crippen molar-refractivity contribution in [2.45, 2.75) is 11.2 Å². The molecule has 1 saturated heterocycles. The smallest absolute Gasteiger partial charge is 0.337 e. The average Bonchev–Trinajstić information content (AvgIpc) is 2.57. The predicted octanol–water partition coefficient (Wildman–Crippen LogP) is 2.65. The molecule has 90 valence electrons. The summed E-state index contributed by atoms with van der Waals surface area (Å²) in [6.45, 7) is 0.496. The molecule has 0 aromatic heterocycles. The molecule has 0 bridgehead atoms. The number of anilines is 1. The van der Waals surface area contributed by atoms with Crippen LogP contribution in [0.1, 0.15) is 16.8 Å². The topological polar surface area (TPSA) is 57.6 Å². The Balaban J connectivity index is 2.46. The van der Waals surface area contributed by atoms with Crippen LogP contribution in [0.2, 0.25) is 0 Å². The molecule has 1 fully saturated rings. The number of carbonyl (C=O) groups excluding carboxylic acids is 1. The fourth-order valence-electron chi connectivity index (χ4n) is 1.81. The van der Waals surface area contributed by atoms with Crippen molar-refractivity contribution in [1.82, 2.24) is 0 Å². The van der Waals surface area contributed by atoms with Gasteiger partial charge in [-0.15, -0.1) is 0 Å². The SMILES string of the molecule is O=C(O)c1ccc(Br)cc1N1CC(Br)CC1=O. The van der Waals surface area contributed by atoms with Crippen molar-refractivity contribution in [2.75, 3.05) is 11.4 Å². The summed E-state index contributed by atoms with van der Waals surface area (Å²) in [6, 6.07) is 4.81. The monoisotopic (exact) mass is 361 g/mol. The van der Waals surface area contributed by atoms with Crippen LogP contribution in [0.5, 0.6) is 0 Å². The Morgan fingerprint density at radius 2 is 2.18 bits per heavy atom. The summed E-state index contributed by atoms with van der Waals surface area (Å²) < 4.78 is 0.753. The molecule has 0 radical (unpaired) electrons. The number of hydrogen-bond donors (Lipinski definition) is 1. The molecule has 0 aliphatic carbocycles. The molecule has 4 nitrogen and oxygen atoms in total. The van der Waals surface area contributed by atoms with Gasteiger partial charge in [-0.3, -0.25) is 4.79 Å². The van der Waals surface area contributed by atoms with Crippen LogP contribution in [0.25, 0.3) is 0 Å². The molecule has 1 atom stereocenters. The van der Waals surface area contributed by atoms with Gasteiger partial charge in [0.2, 0.25) is 5.91 Å². The maximum Gasteiger partial charge on any atom is 0.337 e. The largest absolute Gasteiger partial charge is 0.478 e. The standard InChI is InChI=1S/C11H9Br2NO3/c12-6-1-2-8(11(16)17)9(3-6)14-5-7(13)4-10(14)15/h1-3,7H,4-5H2,(H,16,17). The third kappa shape index (κ3) is 2.52. The van der Waals surface area contributed by atoms with E-state index < -0.39 is 5.97 Å². The lowest BCUT2D eigenvalue weighted by Gasteiger charge is -2.18. The molecule has 2 rings (SSSR count). The Morgan fingerprint density at radius 1 is 1.47 bits per heavy atom. The Bertz CT molecular complexity index is 490. The van der Waals surface area contributed by atoms with Gasteiger partial charge in [0.25, 0.3) is 0 Å². The molecule has 1 aliphatic heterocycles. The number of alkyl halides is 1. The lowest BCUT2D eigenvalue weighted by atomic mass is 10.1. The normalized spacial score (nSPS) is 19.8. The number of hydrogen-bond acceptors (Lipinski definition) is 2. The second-order valence-corrected chi connectivity index (χ2v) is 5.98. The molecular weight excluding hydrogens is 354 g/mol. The molecule has 1 N–H and O–H groups in total. The van der Waals surface area contributed by atoms with E-state index in [2.05, 4.69) is 31.9 Å². The van der Waals surface area contributed by atoms with Gasteiger partial charge in [-0.25, -0.2) is 4.79 Å². The first-order valence-electron chi connectivity index (χ1n) is 4.96. The summed E-state index contributed by atoms with van der Waals surface area (Å²) in [5, 5.41) is 9.10. The number of carboxylic acid groups (broad SMARTS) is 1. The van der Waals surface area contributed by atoms with Gasteiger partial charge in [0.05, 0.1) is 11.3 Å². The van der Waals surface area contributed by atoms with Gasteiger partial charge in [-0.05, 0) is 18.2 Å². The number of nitrogens with zero attached hydrogens (tertiary/aromatic N) is 1. The van der Waals surface area contributed by atoms with Crippen LogP contribution in [-0.4, -0.2) is 28.4 Å². The Morgan fingerprint density at radius 3 is 2.71 bits per heavy atom. The van der Waals surface area contributed by atoms with Gasteiger partial charge in [0.1, 0.15) is 0 Å². The molecule has 0 spiro atoms. The molecule has 1 heterocycles. The molecule has 1 amide bonds. The minimum atomic E-state index is -1.03. The van der Waals surface area contributed by atoms with E-state index in [4.69, 9.17) is 5.11 Å². The Hall–Kier alpha value is -0.880. The highest BCUT2D eigenvalue weighted by molar-refractivity contribution is 9.10. The molecule has 1 unspecified atom stereocenters. The fraction of sp³-hybridized carbons (Fsp3) is 0.273. The number of benzene rings is 1. The quantitative estimate of drug-likeness (QED) is 0.823. The second-order valence-electron chi connectivity index (χ2n) is 3.77. The van der Waals surface area contributed by atoms with Crippen molar-refractivity contribution in [3.05, 3.63) is 28.2 Å². The van der Waals surface area contributed by atoms with Gasteiger partial charge in [0, 0.05) is 22.3 Å². The van der Waals surface area contributed by atoms with Gasteiger partial charge in [-0.2, -0.15) is 0 Å². The van der Waals surface area contributed by atoms with Crippen molar-refractivity contribution in [3.8, 4) is 0 Å². The van der Waals surface area contributed by atoms with Crippen molar-refractivity contribution in [3.63, 3.8) is 0 Å². The molecule has 6 heteroatoms. The average molecular weight is 363 g/mol. The lowest BCUT2D eigenvalue weighted by Crippen LogP contribution is -2.26. The number of aromatic carboxylic acids is 1. The van der Waals surface area contributed by atoms with Crippen LogP contribution >= 0.6 is 31.9 Å². The van der Waals surface area contributed by atoms with Gasteiger partial charge >= 0.3 is 5.97 Å². The van der Waals surface area contributed by atoms with E-state index in [1.807, 2.05) is 0 Å². The molecule has 1 aliphatic rings. The molecule has 1 aromatic carbocycles. The van der Waals surface area contributed by atoms with Crippen molar-refractivity contribution in [1.29, 1.82) is 0 Å². The van der Waals surface area contributed by atoms with E-state index in [1.54, 1.807) is 12.1 Å². The number of rotatable bonds is 2. The van der Waals surface area contributed by atoms with E-state index in [9.17, 15) is 9.59 Å². The molecule has 17 heavy (non-hydrogen) atoms.